The zero-order valence-electron chi connectivity index (χ0n) is 10.8. The van der Waals surface area contributed by atoms with Gasteiger partial charge in [-0.3, -0.25) is 4.79 Å². The monoisotopic (exact) mass is 287 g/mol. The molecule has 3 aromatic rings. The van der Waals surface area contributed by atoms with Gasteiger partial charge >= 0.3 is 0 Å². The lowest BCUT2D eigenvalue weighted by molar-refractivity contribution is 0.455. The Hall–Kier alpha value is -2.34. The molecule has 0 aliphatic carbocycles. The topological polar surface area (TPSA) is 81.1 Å². The molecule has 3 N–H and O–H groups in total. The molecule has 0 saturated carbocycles. The van der Waals surface area contributed by atoms with Crippen LogP contribution in [0.2, 0.25) is 0 Å². The van der Waals surface area contributed by atoms with Crippen LogP contribution in [-0.4, -0.2) is 14.7 Å². The van der Waals surface area contributed by atoms with E-state index in [2.05, 4.69) is 4.98 Å². The number of fused-ring (bicyclic) bond motifs is 1. The third-order valence-electron chi connectivity index (χ3n) is 3.24. The summed E-state index contributed by atoms with van der Waals surface area (Å²) in [7, 11) is 0. The van der Waals surface area contributed by atoms with E-state index in [1.54, 1.807) is 13.1 Å². The summed E-state index contributed by atoms with van der Waals surface area (Å²) in [5, 5.41) is 10.2. The molecule has 20 heavy (non-hydrogen) atoms. The Morgan fingerprint density at radius 3 is 3.00 bits per heavy atom. The molecular weight excluding hydrogens is 274 g/mol. The summed E-state index contributed by atoms with van der Waals surface area (Å²) in [6.07, 6.45) is 1.68. The number of hydrogen-bond acceptors (Lipinski definition) is 5. The van der Waals surface area contributed by atoms with Crippen molar-refractivity contribution in [2.24, 2.45) is 0 Å². The average Bonchev–Trinajstić information content (AvgIpc) is 2.79. The molecule has 2 heterocycles. The lowest BCUT2D eigenvalue weighted by Gasteiger charge is -2.11. The van der Waals surface area contributed by atoms with Crippen molar-refractivity contribution in [3.63, 3.8) is 0 Å². The first-order chi connectivity index (χ1) is 9.54. The number of nitrogens with zero attached hydrogens (tertiary/aromatic N) is 2. The van der Waals surface area contributed by atoms with Crippen molar-refractivity contribution in [1.29, 1.82) is 0 Å². The van der Waals surface area contributed by atoms with E-state index in [0.29, 0.717) is 17.4 Å². The van der Waals surface area contributed by atoms with Gasteiger partial charge in [-0.15, -0.1) is 0 Å². The van der Waals surface area contributed by atoms with Crippen LogP contribution in [0.25, 0.3) is 10.2 Å². The molecule has 0 aliphatic heterocycles. The Balaban J connectivity index is 2.00. The van der Waals surface area contributed by atoms with Crippen LogP contribution in [0.4, 0.5) is 5.13 Å². The fraction of sp³-hybridized carbons (Fsp3) is 0.143. The number of nitrogens with two attached hydrogens (primary N) is 1. The van der Waals surface area contributed by atoms with Crippen LogP contribution in [0.3, 0.4) is 0 Å². The minimum Gasteiger partial charge on any atom is -0.503 e. The van der Waals surface area contributed by atoms with Gasteiger partial charge in [0.1, 0.15) is 0 Å². The molecule has 2 aromatic heterocycles. The molecule has 0 unspecified atom stereocenters. The van der Waals surface area contributed by atoms with Gasteiger partial charge in [0.2, 0.25) is 5.43 Å². The van der Waals surface area contributed by atoms with Crippen LogP contribution in [0, 0.1) is 6.92 Å². The van der Waals surface area contributed by atoms with Gasteiger partial charge in [0, 0.05) is 18.8 Å². The van der Waals surface area contributed by atoms with Crippen LogP contribution in [-0.2, 0) is 6.54 Å². The number of benzene rings is 1. The molecule has 0 spiro atoms. The fourth-order valence-corrected chi connectivity index (χ4v) is 2.91. The molecule has 5 nitrogen and oxygen atoms in total. The number of aromatic nitrogens is 2. The van der Waals surface area contributed by atoms with E-state index in [4.69, 9.17) is 5.73 Å². The van der Waals surface area contributed by atoms with Crippen LogP contribution < -0.4 is 11.2 Å². The molecule has 0 saturated heterocycles. The summed E-state index contributed by atoms with van der Waals surface area (Å²) in [6, 6.07) is 7.29. The second-order valence-electron chi connectivity index (χ2n) is 4.60. The number of anilines is 1. The van der Waals surface area contributed by atoms with Crippen LogP contribution >= 0.6 is 11.3 Å². The van der Waals surface area contributed by atoms with E-state index in [-0.39, 0.29) is 11.2 Å². The minimum absolute atomic E-state index is 0.199. The van der Waals surface area contributed by atoms with Crippen molar-refractivity contribution in [1.82, 2.24) is 9.55 Å². The number of nitrogen functional groups attached to an aromatic ring is 1. The first-order valence-corrected chi connectivity index (χ1v) is 6.90. The Morgan fingerprint density at radius 2 is 2.20 bits per heavy atom. The Kier molecular flexibility index (Phi) is 2.94. The lowest BCUT2D eigenvalue weighted by atomic mass is 10.2. The zero-order valence-corrected chi connectivity index (χ0v) is 11.6. The van der Waals surface area contributed by atoms with E-state index in [0.717, 1.165) is 15.8 Å². The van der Waals surface area contributed by atoms with E-state index in [9.17, 15) is 9.90 Å². The van der Waals surface area contributed by atoms with Crippen molar-refractivity contribution in [3.05, 3.63) is 51.9 Å². The third-order valence-corrected chi connectivity index (χ3v) is 4.08. The first kappa shape index (κ1) is 12.7. The summed E-state index contributed by atoms with van der Waals surface area (Å²) in [5.74, 6) is -0.199. The molecule has 1 aromatic carbocycles. The van der Waals surface area contributed by atoms with Gasteiger partial charge in [-0.05, 0) is 24.6 Å². The number of pyridine rings is 1. The Bertz CT molecular complexity index is 851. The predicted octanol–water partition coefficient (Wildman–Crippen LogP) is 2.10. The van der Waals surface area contributed by atoms with Gasteiger partial charge in [0.05, 0.1) is 15.9 Å². The Morgan fingerprint density at radius 1 is 1.40 bits per heavy atom. The maximum Gasteiger partial charge on any atom is 0.223 e. The largest absolute Gasteiger partial charge is 0.503 e. The highest BCUT2D eigenvalue weighted by atomic mass is 32.1. The van der Waals surface area contributed by atoms with Crippen molar-refractivity contribution in [3.8, 4) is 5.75 Å². The van der Waals surface area contributed by atoms with Crippen molar-refractivity contribution in [2.45, 2.75) is 13.5 Å². The molecule has 3 rings (SSSR count). The van der Waals surface area contributed by atoms with Crippen LogP contribution in [0.15, 0.2) is 35.3 Å². The summed E-state index contributed by atoms with van der Waals surface area (Å²) in [5.41, 5.74) is 7.84. The normalized spacial score (nSPS) is 11.1. The Labute approximate surface area is 118 Å². The van der Waals surface area contributed by atoms with Gasteiger partial charge in [-0.2, -0.15) is 0 Å². The molecule has 0 atom stereocenters. The summed E-state index contributed by atoms with van der Waals surface area (Å²) < 4.78 is 2.87. The number of rotatable bonds is 2. The van der Waals surface area contributed by atoms with E-state index in [1.807, 2.05) is 22.8 Å². The maximum absolute atomic E-state index is 11.3. The minimum atomic E-state index is -0.357. The molecule has 102 valence electrons. The van der Waals surface area contributed by atoms with Crippen LogP contribution in [0.1, 0.15) is 11.3 Å². The van der Waals surface area contributed by atoms with Crippen LogP contribution in [0.5, 0.6) is 5.75 Å². The van der Waals surface area contributed by atoms with Crippen molar-refractivity contribution >= 4 is 26.7 Å². The van der Waals surface area contributed by atoms with E-state index < -0.39 is 0 Å². The smallest absolute Gasteiger partial charge is 0.223 e. The average molecular weight is 287 g/mol. The molecule has 0 aliphatic rings. The first-order valence-electron chi connectivity index (χ1n) is 6.08. The standard InChI is InChI=1S/C14H13N3O2S/c1-8-13(19)11(18)4-5-17(8)7-9-2-3-10-12(6-9)20-14(15)16-10/h2-6,19H,7H2,1H3,(H2,15,16). The molecule has 0 bridgehead atoms. The van der Waals surface area contributed by atoms with Gasteiger partial charge < -0.3 is 15.4 Å². The maximum atomic E-state index is 11.3. The van der Waals surface area contributed by atoms with Gasteiger partial charge in [-0.1, -0.05) is 17.4 Å². The molecular formula is C14H13N3O2S. The van der Waals surface area contributed by atoms with E-state index >= 15 is 0 Å². The number of aromatic hydroxyl groups is 1. The molecule has 6 heteroatoms. The second kappa shape index (κ2) is 4.64. The second-order valence-corrected chi connectivity index (χ2v) is 5.66. The predicted molar refractivity (Wildman–Crippen MR) is 80.2 cm³/mol. The van der Waals surface area contributed by atoms with Crippen molar-refractivity contribution in [2.75, 3.05) is 5.73 Å². The summed E-state index contributed by atoms with van der Waals surface area (Å²) in [6.45, 7) is 2.30. The van der Waals surface area contributed by atoms with Gasteiger partial charge in [0.15, 0.2) is 10.9 Å². The molecule has 0 amide bonds. The quantitative estimate of drug-likeness (QED) is 0.756. The zero-order chi connectivity index (χ0) is 14.3. The highest BCUT2D eigenvalue weighted by Gasteiger charge is 2.07. The summed E-state index contributed by atoms with van der Waals surface area (Å²) in [4.78, 5) is 15.6. The highest BCUT2D eigenvalue weighted by molar-refractivity contribution is 7.22. The lowest BCUT2D eigenvalue weighted by Crippen LogP contribution is -2.10. The fourth-order valence-electron chi connectivity index (χ4n) is 2.12. The molecule has 0 fully saturated rings. The SMILES string of the molecule is Cc1c(O)c(=O)ccn1Cc1ccc2nc(N)sc2c1. The number of hydrogen-bond donors (Lipinski definition) is 2. The summed E-state index contributed by atoms with van der Waals surface area (Å²) >= 11 is 1.44. The van der Waals surface area contributed by atoms with Gasteiger partial charge in [-0.25, -0.2) is 4.98 Å². The van der Waals surface area contributed by atoms with E-state index in [1.165, 1.54) is 17.4 Å². The highest BCUT2D eigenvalue weighted by Crippen LogP contribution is 2.25. The van der Waals surface area contributed by atoms with Gasteiger partial charge in [0.25, 0.3) is 0 Å². The third kappa shape index (κ3) is 2.14. The number of thiazole rings is 1. The molecule has 0 radical (unpaired) electrons. The van der Waals surface area contributed by atoms with Crippen molar-refractivity contribution < 1.29 is 5.11 Å².